The maximum atomic E-state index is 12.1. The van der Waals surface area contributed by atoms with E-state index in [0.29, 0.717) is 13.1 Å². The molecule has 0 aromatic heterocycles. The molecular weight excluding hydrogens is 226 g/mol. The highest BCUT2D eigenvalue weighted by atomic mass is 16.2. The third-order valence-electron chi connectivity index (χ3n) is 3.82. The average Bonchev–Trinajstić information content (AvgIpc) is 2.34. The third-order valence-corrected chi connectivity index (χ3v) is 3.82. The monoisotopic (exact) mass is 251 g/mol. The molecule has 0 spiro atoms. The lowest BCUT2D eigenvalue weighted by molar-refractivity contribution is 0.188. The summed E-state index contributed by atoms with van der Waals surface area (Å²) in [5.41, 5.74) is -0.639. The number of hydrogen-bond acceptors (Lipinski definition) is 2. The van der Waals surface area contributed by atoms with Gasteiger partial charge in [-0.15, -0.1) is 0 Å². The molecule has 0 aromatic rings. The van der Waals surface area contributed by atoms with Crippen LogP contribution in [0.2, 0.25) is 0 Å². The van der Waals surface area contributed by atoms with Gasteiger partial charge in [0.1, 0.15) is 5.54 Å². The zero-order chi connectivity index (χ0) is 13.4. The minimum Gasteiger partial charge on any atom is -0.325 e. The molecule has 1 rings (SSSR count). The number of nitrogens with one attached hydrogen (secondary N) is 1. The summed E-state index contributed by atoms with van der Waals surface area (Å²) in [5, 5.41) is 12.4. The van der Waals surface area contributed by atoms with Gasteiger partial charge in [0, 0.05) is 13.1 Å². The van der Waals surface area contributed by atoms with Gasteiger partial charge >= 0.3 is 6.03 Å². The molecule has 0 aromatic carbocycles. The number of rotatable bonds is 3. The molecule has 4 nitrogen and oxygen atoms in total. The summed E-state index contributed by atoms with van der Waals surface area (Å²) >= 11 is 0. The summed E-state index contributed by atoms with van der Waals surface area (Å²) in [6.07, 6.45) is 7.24. The normalized spacial score (nSPS) is 19.2. The molecule has 0 aliphatic heterocycles. The summed E-state index contributed by atoms with van der Waals surface area (Å²) in [6, 6.07) is 2.27. The molecular formula is C14H25N3O. The standard InChI is InChI=1S/C14H25N3O/c1-3-17(4-2)13(18)16-14(12-15)10-8-6-5-7-9-11-14/h3-11H2,1-2H3,(H,16,18). The van der Waals surface area contributed by atoms with Crippen molar-refractivity contribution in [2.45, 2.75) is 64.3 Å². The number of carbonyl (C=O) groups is 1. The molecule has 1 aliphatic carbocycles. The zero-order valence-electron chi connectivity index (χ0n) is 11.7. The van der Waals surface area contributed by atoms with E-state index in [2.05, 4.69) is 11.4 Å². The first-order valence-corrected chi connectivity index (χ1v) is 7.16. The van der Waals surface area contributed by atoms with E-state index in [9.17, 15) is 10.1 Å². The maximum absolute atomic E-state index is 12.1. The molecule has 0 saturated heterocycles. The number of amides is 2. The van der Waals surface area contributed by atoms with Crippen LogP contribution < -0.4 is 5.32 Å². The van der Waals surface area contributed by atoms with Crippen molar-refractivity contribution in [1.29, 1.82) is 5.26 Å². The molecule has 1 fully saturated rings. The smallest absolute Gasteiger partial charge is 0.318 e. The van der Waals surface area contributed by atoms with Gasteiger partial charge in [-0.3, -0.25) is 0 Å². The van der Waals surface area contributed by atoms with Crippen molar-refractivity contribution in [3.05, 3.63) is 0 Å². The Morgan fingerprint density at radius 2 is 1.67 bits per heavy atom. The van der Waals surface area contributed by atoms with Crippen LogP contribution in [0.1, 0.15) is 58.8 Å². The number of urea groups is 1. The van der Waals surface area contributed by atoms with Crippen LogP contribution in [-0.2, 0) is 0 Å². The van der Waals surface area contributed by atoms with Crippen molar-refractivity contribution in [3.8, 4) is 6.07 Å². The topological polar surface area (TPSA) is 56.1 Å². The van der Waals surface area contributed by atoms with Crippen LogP contribution >= 0.6 is 0 Å². The van der Waals surface area contributed by atoms with E-state index in [4.69, 9.17) is 0 Å². The molecule has 1 aliphatic rings. The van der Waals surface area contributed by atoms with Crippen molar-refractivity contribution in [2.75, 3.05) is 13.1 Å². The van der Waals surface area contributed by atoms with Crippen molar-refractivity contribution in [2.24, 2.45) is 0 Å². The lowest BCUT2D eigenvalue weighted by Gasteiger charge is -2.32. The Labute approximate surface area is 110 Å². The maximum Gasteiger partial charge on any atom is 0.318 e. The van der Waals surface area contributed by atoms with E-state index in [0.717, 1.165) is 25.7 Å². The van der Waals surface area contributed by atoms with Gasteiger partial charge in [0.15, 0.2) is 0 Å². The highest BCUT2D eigenvalue weighted by molar-refractivity contribution is 5.75. The Balaban J connectivity index is 2.68. The van der Waals surface area contributed by atoms with Crippen LogP contribution in [0.25, 0.3) is 0 Å². The van der Waals surface area contributed by atoms with Gasteiger partial charge in [0.2, 0.25) is 0 Å². The highest BCUT2D eigenvalue weighted by Crippen LogP contribution is 2.26. The Hall–Kier alpha value is -1.24. The van der Waals surface area contributed by atoms with E-state index in [-0.39, 0.29) is 6.03 Å². The molecule has 102 valence electrons. The Morgan fingerprint density at radius 3 is 2.11 bits per heavy atom. The predicted octanol–water partition coefficient (Wildman–Crippen LogP) is 3.04. The van der Waals surface area contributed by atoms with Gasteiger partial charge in [0.25, 0.3) is 0 Å². The van der Waals surface area contributed by atoms with E-state index in [1.807, 2.05) is 13.8 Å². The number of nitrogens with zero attached hydrogens (tertiary/aromatic N) is 2. The molecule has 4 heteroatoms. The van der Waals surface area contributed by atoms with Crippen LogP contribution in [-0.4, -0.2) is 29.6 Å². The number of carbonyl (C=O) groups excluding carboxylic acids is 1. The Morgan fingerprint density at radius 1 is 1.17 bits per heavy atom. The van der Waals surface area contributed by atoms with E-state index >= 15 is 0 Å². The molecule has 18 heavy (non-hydrogen) atoms. The molecule has 0 heterocycles. The van der Waals surface area contributed by atoms with Crippen molar-refractivity contribution in [1.82, 2.24) is 10.2 Å². The van der Waals surface area contributed by atoms with Crippen LogP contribution in [0.4, 0.5) is 4.79 Å². The summed E-state index contributed by atoms with van der Waals surface area (Å²) < 4.78 is 0. The van der Waals surface area contributed by atoms with Gasteiger partial charge in [-0.2, -0.15) is 5.26 Å². The van der Waals surface area contributed by atoms with Gasteiger partial charge in [0.05, 0.1) is 6.07 Å². The van der Waals surface area contributed by atoms with Crippen molar-refractivity contribution in [3.63, 3.8) is 0 Å². The van der Waals surface area contributed by atoms with Gasteiger partial charge in [-0.1, -0.05) is 32.1 Å². The van der Waals surface area contributed by atoms with Crippen LogP contribution in [0, 0.1) is 11.3 Å². The fraction of sp³-hybridized carbons (Fsp3) is 0.857. The van der Waals surface area contributed by atoms with Gasteiger partial charge in [-0.05, 0) is 26.7 Å². The number of hydrogen-bond donors (Lipinski definition) is 1. The van der Waals surface area contributed by atoms with Crippen LogP contribution in [0.3, 0.4) is 0 Å². The van der Waals surface area contributed by atoms with Gasteiger partial charge < -0.3 is 10.2 Å². The average molecular weight is 251 g/mol. The predicted molar refractivity (Wildman–Crippen MR) is 72.1 cm³/mol. The molecule has 1 saturated carbocycles. The van der Waals surface area contributed by atoms with Crippen LogP contribution in [0.15, 0.2) is 0 Å². The number of nitriles is 1. The summed E-state index contributed by atoms with van der Waals surface area (Å²) in [6.45, 7) is 5.29. The lowest BCUT2D eigenvalue weighted by Crippen LogP contribution is -2.52. The SMILES string of the molecule is CCN(CC)C(=O)NC1(C#N)CCCCCCC1. The van der Waals surface area contributed by atoms with Crippen molar-refractivity contribution >= 4 is 6.03 Å². The fourth-order valence-corrected chi connectivity index (χ4v) is 2.57. The Kier molecular flexibility index (Phi) is 5.97. The third kappa shape index (κ3) is 3.90. The first kappa shape index (κ1) is 14.8. The van der Waals surface area contributed by atoms with E-state index in [1.54, 1.807) is 4.90 Å². The van der Waals surface area contributed by atoms with E-state index in [1.165, 1.54) is 19.3 Å². The Bertz CT molecular complexity index is 297. The molecule has 0 atom stereocenters. The van der Waals surface area contributed by atoms with Gasteiger partial charge in [-0.25, -0.2) is 4.79 Å². The summed E-state index contributed by atoms with van der Waals surface area (Å²) in [7, 11) is 0. The molecule has 2 amide bonds. The van der Waals surface area contributed by atoms with Crippen molar-refractivity contribution < 1.29 is 4.79 Å². The molecule has 1 N–H and O–H groups in total. The largest absolute Gasteiger partial charge is 0.325 e. The van der Waals surface area contributed by atoms with E-state index < -0.39 is 5.54 Å². The molecule has 0 unspecified atom stereocenters. The fourth-order valence-electron chi connectivity index (χ4n) is 2.57. The second-order valence-corrected chi connectivity index (χ2v) is 5.06. The second-order valence-electron chi connectivity index (χ2n) is 5.06. The minimum atomic E-state index is -0.639. The first-order chi connectivity index (χ1) is 8.67. The first-order valence-electron chi connectivity index (χ1n) is 7.16. The highest BCUT2D eigenvalue weighted by Gasteiger charge is 2.32. The van der Waals surface area contributed by atoms with Crippen LogP contribution in [0.5, 0.6) is 0 Å². The second kappa shape index (κ2) is 7.25. The zero-order valence-corrected chi connectivity index (χ0v) is 11.7. The minimum absolute atomic E-state index is 0.0953. The molecule has 0 radical (unpaired) electrons. The molecule has 0 bridgehead atoms. The quantitative estimate of drug-likeness (QED) is 0.838. The summed E-state index contributed by atoms with van der Waals surface area (Å²) in [5.74, 6) is 0. The lowest BCUT2D eigenvalue weighted by atomic mass is 9.85. The summed E-state index contributed by atoms with van der Waals surface area (Å²) in [4.78, 5) is 13.8.